The van der Waals surface area contributed by atoms with Crippen molar-refractivity contribution in [2.45, 2.75) is 32.7 Å². The molecule has 21 heavy (non-hydrogen) atoms. The Labute approximate surface area is 123 Å². The molecule has 0 saturated carbocycles. The summed E-state index contributed by atoms with van der Waals surface area (Å²) in [4.78, 5) is 25.8. The van der Waals surface area contributed by atoms with Gasteiger partial charge in [0, 0.05) is 13.0 Å². The number of carbonyl (C=O) groups is 2. The van der Waals surface area contributed by atoms with Crippen molar-refractivity contribution in [2.24, 2.45) is 0 Å². The van der Waals surface area contributed by atoms with Crippen LogP contribution in [0, 0.1) is 0 Å². The third kappa shape index (κ3) is 2.63. The van der Waals surface area contributed by atoms with Gasteiger partial charge in [-0.3, -0.25) is 9.59 Å². The molecule has 5 nitrogen and oxygen atoms in total. The van der Waals surface area contributed by atoms with Crippen LogP contribution >= 0.6 is 0 Å². The van der Waals surface area contributed by atoms with Gasteiger partial charge in [-0.1, -0.05) is 26.0 Å². The van der Waals surface area contributed by atoms with E-state index in [-0.39, 0.29) is 23.5 Å². The zero-order chi connectivity index (χ0) is 15.6. The fourth-order valence-corrected chi connectivity index (χ4v) is 2.64. The number of benzene rings is 1. The van der Waals surface area contributed by atoms with Gasteiger partial charge in [-0.2, -0.15) is 0 Å². The molecule has 1 aliphatic heterocycles. The fourth-order valence-electron chi connectivity index (χ4n) is 2.64. The van der Waals surface area contributed by atoms with Gasteiger partial charge in [-0.25, -0.2) is 0 Å². The molecule has 0 spiro atoms. The largest absolute Gasteiger partial charge is 0.508 e. The zero-order valence-electron chi connectivity index (χ0n) is 12.2. The lowest BCUT2D eigenvalue weighted by Gasteiger charge is -2.26. The first-order valence-corrected chi connectivity index (χ1v) is 7.07. The van der Waals surface area contributed by atoms with Crippen molar-refractivity contribution < 1.29 is 19.8 Å². The van der Waals surface area contributed by atoms with E-state index in [0.29, 0.717) is 18.5 Å². The van der Waals surface area contributed by atoms with E-state index in [1.54, 1.807) is 19.1 Å². The maximum absolute atomic E-state index is 12.2. The second-order valence-electron chi connectivity index (χ2n) is 5.04. The maximum Gasteiger partial charge on any atom is 0.290 e. The van der Waals surface area contributed by atoms with Crippen LogP contribution in [0.25, 0.3) is 0 Å². The predicted molar refractivity (Wildman–Crippen MR) is 77.8 cm³/mol. The molecule has 2 rings (SSSR count). The molecule has 5 heteroatoms. The van der Waals surface area contributed by atoms with Gasteiger partial charge in [-0.15, -0.1) is 0 Å². The lowest BCUT2D eigenvalue weighted by Crippen LogP contribution is -2.31. The number of amides is 1. The van der Waals surface area contributed by atoms with Gasteiger partial charge in [0.15, 0.2) is 11.5 Å². The van der Waals surface area contributed by atoms with Gasteiger partial charge in [0.2, 0.25) is 0 Å². The molecule has 1 aromatic carbocycles. The van der Waals surface area contributed by atoms with Crippen molar-refractivity contribution in [2.75, 3.05) is 6.54 Å². The van der Waals surface area contributed by atoms with Gasteiger partial charge in [0.1, 0.15) is 5.75 Å². The number of rotatable bonds is 5. The van der Waals surface area contributed by atoms with Gasteiger partial charge in [-0.05, 0) is 24.1 Å². The minimum Gasteiger partial charge on any atom is -0.508 e. The highest BCUT2D eigenvalue weighted by Crippen LogP contribution is 2.38. The summed E-state index contributed by atoms with van der Waals surface area (Å²) in [5, 5.41) is 19.7. The lowest BCUT2D eigenvalue weighted by atomic mass is 9.95. The van der Waals surface area contributed by atoms with E-state index in [0.717, 1.165) is 0 Å². The number of hydrogen-bond acceptors (Lipinski definition) is 4. The highest BCUT2D eigenvalue weighted by molar-refractivity contribution is 6.08. The highest BCUT2D eigenvalue weighted by Gasteiger charge is 2.42. The molecule has 1 amide bonds. The van der Waals surface area contributed by atoms with Crippen LogP contribution in [0.4, 0.5) is 0 Å². The summed E-state index contributed by atoms with van der Waals surface area (Å²) in [6.45, 7) is 4.04. The monoisotopic (exact) mass is 289 g/mol. The molecule has 2 N–H and O–H groups in total. The van der Waals surface area contributed by atoms with Crippen LogP contribution in [0.2, 0.25) is 0 Å². The first kappa shape index (κ1) is 15.1. The number of aliphatic hydroxyl groups excluding tert-OH is 1. The van der Waals surface area contributed by atoms with Crippen LogP contribution in [0.1, 0.15) is 38.3 Å². The van der Waals surface area contributed by atoms with Crippen LogP contribution in [0.3, 0.4) is 0 Å². The molecule has 0 fully saturated rings. The Kier molecular flexibility index (Phi) is 4.31. The molecule has 1 aromatic rings. The quantitative estimate of drug-likeness (QED) is 0.873. The second kappa shape index (κ2) is 5.99. The van der Waals surface area contributed by atoms with E-state index in [1.165, 1.54) is 17.0 Å². The molecule has 1 heterocycles. The standard InChI is InChI=1S/C16H19NO4/c1-3-8-17-14(10-6-5-7-11(18)9-10)13(12(19)4-2)15(20)16(17)21/h5-7,9,14,18,20H,3-4,8H2,1-2H3. The number of hydrogen-bond donors (Lipinski definition) is 2. The third-order valence-electron chi connectivity index (χ3n) is 3.58. The molecule has 0 aromatic heterocycles. The Bertz CT molecular complexity index is 606. The Balaban J connectivity index is 2.54. The summed E-state index contributed by atoms with van der Waals surface area (Å²) in [7, 11) is 0. The minimum atomic E-state index is -0.628. The molecular weight excluding hydrogens is 270 g/mol. The van der Waals surface area contributed by atoms with E-state index in [4.69, 9.17) is 0 Å². The number of carbonyl (C=O) groups excluding carboxylic acids is 2. The molecule has 0 bridgehead atoms. The molecule has 0 aliphatic carbocycles. The van der Waals surface area contributed by atoms with Gasteiger partial charge in [0.25, 0.3) is 5.91 Å². The Morgan fingerprint density at radius 1 is 1.29 bits per heavy atom. The Hall–Kier alpha value is -2.30. The molecule has 1 atom stereocenters. The number of phenolic OH excluding ortho intramolecular Hbond substituents is 1. The molecule has 1 aliphatic rings. The smallest absolute Gasteiger partial charge is 0.290 e. The van der Waals surface area contributed by atoms with Crippen molar-refractivity contribution in [1.82, 2.24) is 4.90 Å². The number of nitrogens with zero attached hydrogens (tertiary/aromatic N) is 1. The van der Waals surface area contributed by atoms with E-state index in [9.17, 15) is 19.8 Å². The molecule has 0 radical (unpaired) electrons. The van der Waals surface area contributed by atoms with E-state index in [1.807, 2.05) is 6.92 Å². The Morgan fingerprint density at radius 2 is 2.00 bits per heavy atom. The third-order valence-corrected chi connectivity index (χ3v) is 3.58. The fraction of sp³-hybridized carbons (Fsp3) is 0.375. The van der Waals surface area contributed by atoms with Crippen LogP contribution in [0.15, 0.2) is 35.6 Å². The van der Waals surface area contributed by atoms with Crippen molar-refractivity contribution in [3.05, 3.63) is 41.2 Å². The van der Waals surface area contributed by atoms with Crippen LogP contribution in [-0.4, -0.2) is 33.3 Å². The number of aliphatic hydroxyl groups is 1. The summed E-state index contributed by atoms with van der Waals surface area (Å²) in [5.41, 5.74) is 0.749. The summed E-state index contributed by atoms with van der Waals surface area (Å²) in [6, 6.07) is 5.80. The maximum atomic E-state index is 12.2. The summed E-state index contributed by atoms with van der Waals surface area (Å²) in [6.07, 6.45) is 0.921. The average Bonchev–Trinajstić information content (AvgIpc) is 2.72. The van der Waals surface area contributed by atoms with Crippen molar-refractivity contribution in [1.29, 1.82) is 0 Å². The summed E-state index contributed by atoms with van der Waals surface area (Å²) in [5.74, 6) is -1.19. The average molecular weight is 289 g/mol. The predicted octanol–water partition coefficient (Wildman–Crippen LogP) is 2.48. The van der Waals surface area contributed by atoms with E-state index in [2.05, 4.69) is 0 Å². The van der Waals surface area contributed by atoms with Crippen LogP contribution in [0.5, 0.6) is 5.75 Å². The topological polar surface area (TPSA) is 77.8 Å². The second-order valence-corrected chi connectivity index (χ2v) is 5.04. The van der Waals surface area contributed by atoms with Gasteiger partial charge in [0.05, 0.1) is 11.6 Å². The van der Waals surface area contributed by atoms with Gasteiger partial charge < -0.3 is 15.1 Å². The lowest BCUT2D eigenvalue weighted by molar-refractivity contribution is -0.129. The highest BCUT2D eigenvalue weighted by atomic mass is 16.3. The van der Waals surface area contributed by atoms with E-state index >= 15 is 0 Å². The summed E-state index contributed by atoms with van der Waals surface area (Å²) < 4.78 is 0. The first-order valence-electron chi connectivity index (χ1n) is 7.07. The zero-order valence-corrected chi connectivity index (χ0v) is 12.2. The molecule has 112 valence electrons. The molecule has 0 saturated heterocycles. The van der Waals surface area contributed by atoms with Crippen LogP contribution < -0.4 is 0 Å². The normalized spacial score (nSPS) is 18.5. The Morgan fingerprint density at radius 3 is 2.57 bits per heavy atom. The van der Waals surface area contributed by atoms with Crippen molar-refractivity contribution in [3.8, 4) is 5.75 Å². The first-order chi connectivity index (χ1) is 10.0. The minimum absolute atomic E-state index is 0.0612. The SMILES string of the molecule is CCCN1C(=O)C(O)=C(C(=O)CC)C1c1cccc(O)c1. The number of Topliss-reactive ketones (excluding diaryl/α,β-unsaturated/α-hetero) is 1. The number of ketones is 1. The number of aromatic hydroxyl groups is 1. The summed E-state index contributed by atoms with van der Waals surface area (Å²) >= 11 is 0. The van der Waals surface area contributed by atoms with Crippen LogP contribution in [-0.2, 0) is 9.59 Å². The van der Waals surface area contributed by atoms with Crippen molar-refractivity contribution in [3.63, 3.8) is 0 Å². The van der Waals surface area contributed by atoms with Gasteiger partial charge >= 0.3 is 0 Å². The number of phenols is 1. The molecular formula is C16H19NO4. The van der Waals surface area contributed by atoms with Crippen molar-refractivity contribution >= 4 is 11.7 Å². The van der Waals surface area contributed by atoms with E-state index < -0.39 is 17.7 Å². The molecule has 1 unspecified atom stereocenters.